The zero-order valence-corrected chi connectivity index (χ0v) is 13.6. The second-order valence-corrected chi connectivity index (χ2v) is 5.89. The SMILES string of the molecule is Clc1ccc(Oc2cc3ccccc3nc2-c2ccccc2)cc1. The maximum absolute atomic E-state index is 6.11. The van der Waals surface area contributed by atoms with Crippen molar-refractivity contribution in [3.63, 3.8) is 0 Å². The zero-order valence-electron chi connectivity index (χ0n) is 12.8. The van der Waals surface area contributed by atoms with Gasteiger partial charge in [-0.05, 0) is 36.4 Å². The number of halogens is 1. The van der Waals surface area contributed by atoms with Gasteiger partial charge in [0.2, 0.25) is 0 Å². The Labute approximate surface area is 145 Å². The fourth-order valence-corrected chi connectivity index (χ4v) is 2.73. The largest absolute Gasteiger partial charge is 0.455 e. The molecule has 0 aliphatic heterocycles. The van der Waals surface area contributed by atoms with E-state index in [1.807, 2.05) is 84.9 Å². The average Bonchev–Trinajstić information content (AvgIpc) is 2.64. The Kier molecular flexibility index (Phi) is 3.89. The molecule has 0 aliphatic carbocycles. The topological polar surface area (TPSA) is 22.1 Å². The number of ether oxygens (including phenoxy) is 1. The van der Waals surface area contributed by atoms with E-state index in [2.05, 4.69) is 0 Å². The van der Waals surface area contributed by atoms with Crippen molar-refractivity contribution in [3.05, 3.63) is 90.0 Å². The molecule has 4 rings (SSSR count). The van der Waals surface area contributed by atoms with Gasteiger partial charge in [0.25, 0.3) is 0 Å². The molecule has 3 heteroatoms. The molecule has 0 bridgehead atoms. The van der Waals surface area contributed by atoms with E-state index in [0.29, 0.717) is 5.02 Å². The fraction of sp³-hybridized carbons (Fsp3) is 0. The highest BCUT2D eigenvalue weighted by atomic mass is 35.5. The molecule has 0 amide bonds. The summed E-state index contributed by atoms with van der Waals surface area (Å²) in [4.78, 5) is 4.81. The maximum atomic E-state index is 6.11. The first-order chi connectivity index (χ1) is 11.8. The molecular formula is C21H14ClNO. The van der Waals surface area contributed by atoms with Crippen LogP contribution in [0.2, 0.25) is 5.02 Å². The van der Waals surface area contributed by atoms with Crippen molar-refractivity contribution in [2.24, 2.45) is 0 Å². The highest BCUT2D eigenvalue weighted by Crippen LogP contribution is 2.34. The highest BCUT2D eigenvalue weighted by Gasteiger charge is 2.11. The summed E-state index contributed by atoms with van der Waals surface area (Å²) in [5.74, 6) is 1.45. The Morgan fingerprint density at radius 3 is 2.25 bits per heavy atom. The van der Waals surface area contributed by atoms with Gasteiger partial charge in [-0.2, -0.15) is 0 Å². The molecule has 0 N–H and O–H groups in total. The summed E-state index contributed by atoms with van der Waals surface area (Å²) in [6, 6.07) is 27.4. The Bertz CT molecular complexity index is 982. The van der Waals surface area contributed by atoms with Crippen molar-refractivity contribution in [2.75, 3.05) is 0 Å². The van der Waals surface area contributed by atoms with E-state index >= 15 is 0 Å². The van der Waals surface area contributed by atoms with Gasteiger partial charge in [0.15, 0.2) is 5.75 Å². The van der Waals surface area contributed by atoms with Crippen molar-refractivity contribution >= 4 is 22.5 Å². The molecule has 0 unspecified atom stereocenters. The first-order valence-corrected chi connectivity index (χ1v) is 8.06. The molecule has 116 valence electrons. The van der Waals surface area contributed by atoms with E-state index in [1.165, 1.54) is 0 Å². The zero-order chi connectivity index (χ0) is 16.4. The number of aromatic nitrogens is 1. The van der Waals surface area contributed by atoms with Crippen LogP contribution in [0.1, 0.15) is 0 Å². The lowest BCUT2D eigenvalue weighted by molar-refractivity contribution is 0.483. The van der Waals surface area contributed by atoms with Crippen LogP contribution < -0.4 is 4.74 Å². The van der Waals surface area contributed by atoms with Crippen LogP contribution in [0.25, 0.3) is 22.2 Å². The number of hydrogen-bond donors (Lipinski definition) is 0. The molecule has 0 atom stereocenters. The molecule has 24 heavy (non-hydrogen) atoms. The molecule has 4 aromatic rings. The molecule has 0 saturated carbocycles. The van der Waals surface area contributed by atoms with Gasteiger partial charge in [-0.3, -0.25) is 0 Å². The summed E-state index contributed by atoms with van der Waals surface area (Å²) < 4.78 is 6.11. The lowest BCUT2D eigenvalue weighted by Gasteiger charge is -2.12. The second-order valence-electron chi connectivity index (χ2n) is 5.45. The van der Waals surface area contributed by atoms with Crippen LogP contribution in [0, 0.1) is 0 Å². The molecule has 0 saturated heterocycles. The third kappa shape index (κ3) is 2.97. The first-order valence-electron chi connectivity index (χ1n) is 7.68. The van der Waals surface area contributed by atoms with E-state index in [4.69, 9.17) is 21.3 Å². The van der Waals surface area contributed by atoms with E-state index in [1.54, 1.807) is 0 Å². The van der Waals surface area contributed by atoms with Gasteiger partial charge in [0, 0.05) is 16.0 Å². The van der Waals surface area contributed by atoms with Crippen LogP contribution in [0.3, 0.4) is 0 Å². The quantitative estimate of drug-likeness (QED) is 0.436. The Morgan fingerprint density at radius 2 is 1.46 bits per heavy atom. The van der Waals surface area contributed by atoms with E-state index < -0.39 is 0 Å². The summed E-state index contributed by atoms with van der Waals surface area (Å²) in [7, 11) is 0. The number of fused-ring (bicyclic) bond motifs is 1. The predicted molar refractivity (Wildman–Crippen MR) is 98.7 cm³/mol. The molecule has 0 radical (unpaired) electrons. The van der Waals surface area contributed by atoms with Crippen LogP contribution >= 0.6 is 11.6 Å². The lowest BCUT2D eigenvalue weighted by atomic mass is 10.1. The van der Waals surface area contributed by atoms with Crippen molar-refractivity contribution in [1.29, 1.82) is 0 Å². The highest BCUT2D eigenvalue weighted by molar-refractivity contribution is 6.30. The minimum absolute atomic E-state index is 0.683. The number of pyridine rings is 1. The Hall–Kier alpha value is -2.84. The standard InChI is InChI=1S/C21H14ClNO/c22-17-10-12-18(13-11-17)24-20-14-16-8-4-5-9-19(16)23-21(20)15-6-2-1-3-7-15/h1-14H. The summed E-state index contributed by atoms with van der Waals surface area (Å²) in [6.07, 6.45) is 0. The number of rotatable bonds is 3. The average molecular weight is 332 g/mol. The lowest BCUT2D eigenvalue weighted by Crippen LogP contribution is -1.92. The molecule has 0 fully saturated rings. The number of hydrogen-bond acceptors (Lipinski definition) is 2. The second kappa shape index (κ2) is 6.34. The van der Waals surface area contributed by atoms with Gasteiger partial charge in [0.1, 0.15) is 11.4 Å². The molecule has 0 aliphatic rings. The van der Waals surface area contributed by atoms with Crippen molar-refractivity contribution in [2.45, 2.75) is 0 Å². The third-order valence-electron chi connectivity index (χ3n) is 3.78. The third-order valence-corrected chi connectivity index (χ3v) is 4.03. The van der Waals surface area contributed by atoms with E-state index in [0.717, 1.165) is 33.7 Å². The van der Waals surface area contributed by atoms with Crippen LogP contribution in [-0.2, 0) is 0 Å². The Morgan fingerprint density at radius 1 is 0.750 bits per heavy atom. The van der Waals surface area contributed by atoms with Crippen molar-refractivity contribution in [3.8, 4) is 22.8 Å². The molecule has 1 heterocycles. The number of nitrogens with zero attached hydrogens (tertiary/aromatic N) is 1. The van der Waals surface area contributed by atoms with Crippen LogP contribution in [0.4, 0.5) is 0 Å². The van der Waals surface area contributed by atoms with Crippen LogP contribution in [-0.4, -0.2) is 4.98 Å². The number of para-hydroxylation sites is 1. The predicted octanol–water partition coefficient (Wildman–Crippen LogP) is 6.35. The van der Waals surface area contributed by atoms with E-state index in [9.17, 15) is 0 Å². The van der Waals surface area contributed by atoms with Gasteiger partial charge in [-0.15, -0.1) is 0 Å². The Balaban J connectivity index is 1.86. The molecule has 2 nitrogen and oxygen atoms in total. The van der Waals surface area contributed by atoms with Crippen molar-refractivity contribution in [1.82, 2.24) is 4.98 Å². The molecule has 3 aromatic carbocycles. The van der Waals surface area contributed by atoms with Crippen molar-refractivity contribution < 1.29 is 4.74 Å². The van der Waals surface area contributed by atoms with Crippen LogP contribution in [0.5, 0.6) is 11.5 Å². The first kappa shape index (κ1) is 14.7. The summed E-state index contributed by atoms with van der Waals surface area (Å²) in [5.41, 5.74) is 2.79. The summed E-state index contributed by atoms with van der Waals surface area (Å²) in [5, 5.41) is 1.73. The minimum atomic E-state index is 0.683. The van der Waals surface area contributed by atoms with E-state index in [-0.39, 0.29) is 0 Å². The van der Waals surface area contributed by atoms with Gasteiger partial charge >= 0.3 is 0 Å². The monoisotopic (exact) mass is 331 g/mol. The molecular weight excluding hydrogens is 318 g/mol. The summed E-state index contributed by atoms with van der Waals surface area (Å²) in [6.45, 7) is 0. The smallest absolute Gasteiger partial charge is 0.154 e. The maximum Gasteiger partial charge on any atom is 0.154 e. The van der Waals surface area contributed by atoms with Crippen LogP contribution in [0.15, 0.2) is 84.9 Å². The minimum Gasteiger partial charge on any atom is -0.455 e. The summed E-state index contributed by atoms with van der Waals surface area (Å²) >= 11 is 5.95. The van der Waals surface area contributed by atoms with Gasteiger partial charge in [-0.1, -0.05) is 60.1 Å². The van der Waals surface area contributed by atoms with Gasteiger partial charge in [0.05, 0.1) is 5.52 Å². The van der Waals surface area contributed by atoms with Gasteiger partial charge in [-0.25, -0.2) is 4.98 Å². The number of benzene rings is 3. The van der Waals surface area contributed by atoms with Gasteiger partial charge < -0.3 is 4.74 Å². The normalized spacial score (nSPS) is 10.7. The molecule has 1 aromatic heterocycles. The fourth-order valence-electron chi connectivity index (χ4n) is 2.61. The molecule has 0 spiro atoms.